The highest BCUT2D eigenvalue weighted by Crippen LogP contribution is 2.31. The van der Waals surface area contributed by atoms with E-state index in [1.807, 2.05) is 30.5 Å². The lowest BCUT2D eigenvalue weighted by molar-refractivity contribution is 0.0734. The van der Waals surface area contributed by atoms with Gasteiger partial charge in [-0.2, -0.15) is 0 Å². The summed E-state index contributed by atoms with van der Waals surface area (Å²) in [5.74, 6) is 0.904. The summed E-state index contributed by atoms with van der Waals surface area (Å²) >= 11 is 1.53. The smallest absolute Gasteiger partial charge is 0.343 e. The number of carbonyl (C=O) groups is 1. The van der Waals surface area contributed by atoms with Gasteiger partial charge in [0.15, 0.2) is 0 Å². The van der Waals surface area contributed by atoms with Gasteiger partial charge in [0.2, 0.25) is 0 Å². The topological polar surface area (TPSA) is 57.7 Å². The van der Waals surface area contributed by atoms with Gasteiger partial charge in [-0.3, -0.25) is 0 Å². The van der Waals surface area contributed by atoms with Crippen molar-refractivity contribution >= 4 is 17.3 Å². The van der Waals surface area contributed by atoms with Crippen molar-refractivity contribution in [2.45, 2.75) is 123 Å². The fourth-order valence-corrected chi connectivity index (χ4v) is 5.68. The number of esters is 1. The third kappa shape index (κ3) is 13.0. The van der Waals surface area contributed by atoms with Crippen LogP contribution in [0.15, 0.2) is 54.7 Å². The molecule has 0 saturated heterocycles. The van der Waals surface area contributed by atoms with E-state index in [4.69, 9.17) is 14.2 Å². The lowest BCUT2D eigenvalue weighted by Crippen LogP contribution is -2.11. The van der Waals surface area contributed by atoms with Crippen molar-refractivity contribution in [3.63, 3.8) is 0 Å². The van der Waals surface area contributed by atoms with E-state index in [1.54, 1.807) is 24.3 Å². The first-order valence-corrected chi connectivity index (χ1v) is 17.1. The molecule has 2 aromatic carbocycles. The molecule has 0 amide bonds. The van der Waals surface area contributed by atoms with Gasteiger partial charge in [0, 0.05) is 6.20 Å². The Labute approximate surface area is 258 Å². The van der Waals surface area contributed by atoms with Crippen LogP contribution in [0.25, 0.3) is 10.4 Å². The van der Waals surface area contributed by atoms with Gasteiger partial charge < -0.3 is 14.2 Å². The van der Waals surface area contributed by atoms with Crippen LogP contribution >= 0.6 is 11.3 Å². The van der Waals surface area contributed by atoms with Crippen molar-refractivity contribution in [3.05, 3.63) is 60.3 Å². The van der Waals surface area contributed by atoms with E-state index in [0.717, 1.165) is 29.0 Å². The van der Waals surface area contributed by atoms with Crippen molar-refractivity contribution in [3.8, 4) is 27.1 Å². The van der Waals surface area contributed by atoms with Gasteiger partial charge >= 0.3 is 5.97 Å². The van der Waals surface area contributed by atoms with Gasteiger partial charge in [0.25, 0.3) is 5.19 Å². The molecule has 0 unspecified atom stereocenters. The maximum Gasteiger partial charge on any atom is 0.343 e. The summed E-state index contributed by atoms with van der Waals surface area (Å²) in [5.41, 5.74) is 1.50. The van der Waals surface area contributed by atoms with Crippen LogP contribution in [0, 0.1) is 0 Å². The molecule has 0 bridgehead atoms. The van der Waals surface area contributed by atoms with Crippen molar-refractivity contribution in [2.75, 3.05) is 6.61 Å². The van der Waals surface area contributed by atoms with Crippen LogP contribution in [0.5, 0.6) is 16.7 Å². The highest BCUT2D eigenvalue weighted by atomic mass is 32.1. The minimum atomic E-state index is -0.385. The number of unbranched alkanes of at least 4 members (excludes halogenated alkanes) is 12. The second-order valence-electron chi connectivity index (χ2n) is 11.2. The predicted octanol–water partition coefficient (Wildman–Crippen LogP) is 11.1. The van der Waals surface area contributed by atoms with Crippen LogP contribution in [0.1, 0.15) is 127 Å². The summed E-state index contributed by atoms with van der Waals surface area (Å²) in [5, 5.41) is 0.697. The third-order valence-corrected chi connectivity index (χ3v) is 8.41. The van der Waals surface area contributed by atoms with Gasteiger partial charge in [0.1, 0.15) is 11.5 Å². The molecule has 0 aliphatic rings. The zero-order chi connectivity index (χ0) is 29.8. The van der Waals surface area contributed by atoms with Crippen molar-refractivity contribution in [1.82, 2.24) is 4.98 Å². The Balaban J connectivity index is 1.35. The molecule has 1 aromatic heterocycles. The molecule has 0 N–H and O–H groups in total. The van der Waals surface area contributed by atoms with E-state index in [-0.39, 0.29) is 12.1 Å². The van der Waals surface area contributed by atoms with Crippen LogP contribution in [0.4, 0.5) is 0 Å². The Morgan fingerprint density at radius 1 is 0.738 bits per heavy atom. The highest BCUT2D eigenvalue weighted by Gasteiger charge is 2.12. The summed E-state index contributed by atoms with van der Waals surface area (Å²) in [6, 6.07) is 14.7. The van der Waals surface area contributed by atoms with E-state index in [2.05, 4.69) is 25.8 Å². The largest absolute Gasteiger partial charge is 0.491 e. The zero-order valence-corrected chi connectivity index (χ0v) is 26.9. The van der Waals surface area contributed by atoms with E-state index in [1.165, 1.54) is 94.8 Å². The Morgan fingerprint density at radius 2 is 1.31 bits per heavy atom. The second kappa shape index (κ2) is 20.1. The van der Waals surface area contributed by atoms with Crippen LogP contribution in [-0.4, -0.2) is 23.7 Å². The molecule has 3 rings (SSSR count). The van der Waals surface area contributed by atoms with Gasteiger partial charge in [-0.05, 0) is 68.1 Å². The molecule has 1 atom stereocenters. The Hall–Kier alpha value is -2.86. The molecule has 0 saturated carbocycles. The van der Waals surface area contributed by atoms with Crippen molar-refractivity contribution in [2.24, 2.45) is 0 Å². The molecule has 5 nitrogen and oxygen atoms in total. The second-order valence-corrected chi connectivity index (χ2v) is 12.2. The van der Waals surface area contributed by atoms with Gasteiger partial charge in [-0.15, -0.1) is 0 Å². The predicted molar refractivity (Wildman–Crippen MR) is 175 cm³/mol. The van der Waals surface area contributed by atoms with E-state index >= 15 is 0 Å². The number of hydrogen-bond donors (Lipinski definition) is 0. The molecule has 0 aliphatic carbocycles. The molecule has 0 aliphatic heterocycles. The molecular formula is C36H51NO4S. The number of rotatable bonds is 22. The molecular weight excluding hydrogens is 542 g/mol. The molecule has 230 valence electrons. The molecule has 0 spiro atoms. The number of aromatic nitrogens is 1. The average molecular weight is 594 g/mol. The Kier molecular flexibility index (Phi) is 16.1. The third-order valence-electron chi connectivity index (χ3n) is 7.45. The van der Waals surface area contributed by atoms with Crippen LogP contribution < -0.4 is 14.2 Å². The molecule has 0 radical (unpaired) electrons. The normalized spacial score (nSPS) is 11.8. The Morgan fingerprint density at radius 3 is 1.95 bits per heavy atom. The lowest BCUT2D eigenvalue weighted by Gasteiger charge is -2.15. The zero-order valence-electron chi connectivity index (χ0n) is 26.1. The summed E-state index contributed by atoms with van der Waals surface area (Å²) in [6.45, 7) is 7.29. The minimum absolute atomic E-state index is 0.166. The number of nitrogens with zero attached hydrogens (tertiary/aromatic N) is 1. The van der Waals surface area contributed by atoms with E-state index < -0.39 is 0 Å². The van der Waals surface area contributed by atoms with Crippen molar-refractivity contribution in [1.29, 1.82) is 0 Å². The van der Waals surface area contributed by atoms with Gasteiger partial charge in [0.05, 0.1) is 23.2 Å². The molecule has 6 heteroatoms. The molecule has 1 heterocycles. The first kappa shape index (κ1) is 33.6. The number of benzene rings is 2. The first-order chi connectivity index (χ1) is 20.6. The number of carbonyl (C=O) groups excluding carboxylic acids is 1. The lowest BCUT2D eigenvalue weighted by atomic mass is 10.1. The summed E-state index contributed by atoms with van der Waals surface area (Å²) in [4.78, 5) is 18.1. The average Bonchev–Trinajstić information content (AvgIpc) is 3.48. The van der Waals surface area contributed by atoms with Gasteiger partial charge in [-0.25, -0.2) is 9.78 Å². The maximum absolute atomic E-state index is 12.7. The van der Waals surface area contributed by atoms with Crippen LogP contribution in [0.2, 0.25) is 0 Å². The SMILES string of the molecule is CCCCCCCCCCCCOc1ncc(-c2ccc(C(=O)Oc3ccc(O[C@@H](C)CCCCCC)cc3)cc2)s1. The van der Waals surface area contributed by atoms with Gasteiger partial charge in [-0.1, -0.05) is 114 Å². The summed E-state index contributed by atoms with van der Waals surface area (Å²) in [7, 11) is 0. The van der Waals surface area contributed by atoms with E-state index in [9.17, 15) is 4.79 Å². The summed E-state index contributed by atoms with van der Waals surface area (Å²) in [6.07, 6.45) is 21.1. The number of hydrogen-bond acceptors (Lipinski definition) is 6. The fraction of sp³-hybridized carbons (Fsp3) is 0.556. The van der Waals surface area contributed by atoms with Crippen LogP contribution in [0.3, 0.4) is 0 Å². The molecule has 3 aromatic rings. The fourth-order valence-electron chi connectivity index (χ4n) is 4.88. The molecule has 42 heavy (non-hydrogen) atoms. The summed E-state index contributed by atoms with van der Waals surface area (Å²) < 4.78 is 17.5. The highest BCUT2D eigenvalue weighted by molar-refractivity contribution is 7.16. The quantitative estimate of drug-likeness (QED) is 0.0659. The van der Waals surface area contributed by atoms with Crippen molar-refractivity contribution < 1.29 is 19.0 Å². The first-order valence-electron chi connectivity index (χ1n) is 16.3. The monoisotopic (exact) mass is 593 g/mol. The molecule has 0 fully saturated rings. The minimum Gasteiger partial charge on any atom is -0.491 e. The Bertz CT molecular complexity index is 1130. The van der Waals surface area contributed by atoms with Crippen LogP contribution in [-0.2, 0) is 0 Å². The number of ether oxygens (including phenoxy) is 3. The van der Waals surface area contributed by atoms with E-state index in [0.29, 0.717) is 23.1 Å². The standard InChI is InChI=1S/C36H51NO4S/c1-4-6-8-10-11-12-13-14-15-17-27-39-36-37-28-34(42-36)30-19-21-31(22-20-30)35(38)41-33-25-23-32(24-26-33)40-29(3)18-16-9-7-5-2/h19-26,28-29H,4-18,27H2,1-3H3/t29-/m0/s1. The number of thiazole rings is 1. The maximum atomic E-state index is 12.7.